The van der Waals surface area contributed by atoms with Crippen molar-refractivity contribution in [2.75, 3.05) is 13.3 Å². The zero-order chi connectivity index (χ0) is 15.9. The molecule has 1 aromatic heterocycles. The third kappa shape index (κ3) is 2.20. The summed E-state index contributed by atoms with van der Waals surface area (Å²) in [5.74, 6) is -0.656. The molecule has 2 aromatic rings. The van der Waals surface area contributed by atoms with Crippen LogP contribution in [0.15, 0.2) is 18.2 Å². The van der Waals surface area contributed by atoms with E-state index in [-0.39, 0.29) is 18.3 Å². The van der Waals surface area contributed by atoms with E-state index in [1.165, 1.54) is 16.8 Å². The van der Waals surface area contributed by atoms with E-state index in [1.54, 1.807) is 16.4 Å². The third-order valence-corrected chi connectivity index (χ3v) is 3.63. The van der Waals surface area contributed by atoms with Crippen LogP contribution in [-0.2, 0) is 4.74 Å². The Kier molecular flexibility index (Phi) is 3.30. The van der Waals surface area contributed by atoms with Crippen molar-refractivity contribution in [1.82, 2.24) is 25.4 Å². The fourth-order valence-corrected chi connectivity index (χ4v) is 2.34. The highest BCUT2D eigenvalue weighted by Crippen LogP contribution is 2.23. The smallest absolute Gasteiger partial charge is 0.349 e. The van der Waals surface area contributed by atoms with Crippen LogP contribution in [0.1, 0.15) is 24.2 Å². The molecule has 0 bridgehead atoms. The molecule has 9 nitrogen and oxygen atoms in total. The summed E-state index contributed by atoms with van der Waals surface area (Å²) in [7, 11) is 0. The number of nitrogens with zero attached hydrogens (tertiary/aromatic N) is 4. The number of benzene rings is 1. The van der Waals surface area contributed by atoms with Gasteiger partial charge < -0.3 is 4.74 Å². The van der Waals surface area contributed by atoms with Crippen LogP contribution in [0.5, 0.6) is 0 Å². The van der Waals surface area contributed by atoms with Crippen LogP contribution in [0, 0.1) is 0 Å². The Bertz CT molecular complexity index is 754. The minimum atomic E-state index is -0.656. The molecule has 1 aliphatic heterocycles. The molecule has 0 aliphatic carbocycles. The number of hydroxylamine groups is 1. The number of aromatic nitrogens is 3. The van der Waals surface area contributed by atoms with Crippen molar-refractivity contribution in [3.05, 3.63) is 23.8 Å². The number of hydrogen-bond donors (Lipinski definition) is 2. The van der Waals surface area contributed by atoms with E-state index < -0.39 is 11.4 Å². The van der Waals surface area contributed by atoms with Gasteiger partial charge in [-0.2, -0.15) is 4.68 Å². The van der Waals surface area contributed by atoms with Gasteiger partial charge in [-0.25, -0.2) is 10.3 Å². The lowest BCUT2D eigenvalue weighted by Gasteiger charge is -2.28. The van der Waals surface area contributed by atoms with Gasteiger partial charge >= 0.3 is 6.03 Å². The molecule has 1 saturated heterocycles. The molecule has 2 N–H and O–H groups in total. The normalized spacial score (nSPS) is 17.0. The molecule has 0 saturated carbocycles. The fraction of sp³-hybridized carbons (Fsp3) is 0.385. The summed E-state index contributed by atoms with van der Waals surface area (Å²) in [4.78, 5) is 25.5. The van der Waals surface area contributed by atoms with E-state index in [2.05, 4.69) is 10.3 Å². The highest BCUT2D eigenvalue weighted by molar-refractivity contribution is 5.97. The van der Waals surface area contributed by atoms with Crippen LogP contribution in [0.2, 0.25) is 0 Å². The van der Waals surface area contributed by atoms with Crippen LogP contribution in [0.4, 0.5) is 4.79 Å². The Balaban J connectivity index is 1.98. The predicted molar refractivity (Wildman–Crippen MR) is 74.3 cm³/mol. The molecule has 1 fully saturated rings. The monoisotopic (exact) mass is 305 g/mol. The highest BCUT2D eigenvalue weighted by Gasteiger charge is 2.38. The molecular weight excluding hydrogens is 290 g/mol. The second kappa shape index (κ2) is 5.04. The van der Waals surface area contributed by atoms with Crippen molar-refractivity contribution in [3.8, 4) is 0 Å². The molecule has 2 amide bonds. The maximum absolute atomic E-state index is 12.6. The number of nitrogens with one attached hydrogen (secondary N) is 1. The van der Waals surface area contributed by atoms with Crippen LogP contribution < -0.4 is 5.48 Å². The number of rotatable bonds is 1. The van der Waals surface area contributed by atoms with E-state index in [9.17, 15) is 9.59 Å². The van der Waals surface area contributed by atoms with Crippen molar-refractivity contribution in [1.29, 1.82) is 0 Å². The average Bonchev–Trinajstić information content (AvgIpc) is 3.07. The Morgan fingerprint density at radius 3 is 2.82 bits per heavy atom. The first-order chi connectivity index (χ1) is 10.4. The van der Waals surface area contributed by atoms with E-state index >= 15 is 0 Å². The molecule has 2 heterocycles. The first kappa shape index (κ1) is 14.4. The summed E-state index contributed by atoms with van der Waals surface area (Å²) >= 11 is 0. The number of fused-ring (bicyclic) bond motifs is 1. The van der Waals surface area contributed by atoms with E-state index in [0.29, 0.717) is 17.6 Å². The van der Waals surface area contributed by atoms with E-state index in [1.807, 2.05) is 13.8 Å². The zero-order valence-electron chi connectivity index (χ0n) is 12.1. The molecule has 116 valence electrons. The van der Waals surface area contributed by atoms with Crippen LogP contribution in [-0.4, -0.2) is 55.9 Å². The maximum Gasteiger partial charge on any atom is 0.349 e. The van der Waals surface area contributed by atoms with Gasteiger partial charge in [0.15, 0.2) is 0 Å². The number of amides is 2. The van der Waals surface area contributed by atoms with Gasteiger partial charge in [0, 0.05) is 5.56 Å². The summed E-state index contributed by atoms with van der Waals surface area (Å²) in [6, 6.07) is 4.14. The van der Waals surface area contributed by atoms with E-state index in [4.69, 9.17) is 9.94 Å². The van der Waals surface area contributed by atoms with Crippen LogP contribution in [0.25, 0.3) is 11.0 Å². The van der Waals surface area contributed by atoms with Gasteiger partial charge in [-0.15, -0.1) is 5.10 Å². The highest BCUT2D eigenvalue weighted by atomic mass is 16.5. The zero-order valence-corrected chi connectivity index (χ0v) is 12.1. The average molecular weight is 305 g/mol. The quantitative estimate of drug-likeness (QED) is 0.589. The van der Waals surface area contributed by atoms with Gasteiger partial charge in [-0.1, -0.05) is 5.21 Å². The molecule has 0 unspecified atom stereocenters. The van der Waals surface area contributed by atoms with Crippen molar-refractivity contribution in [2.45, 2.75) is 19.4 Å². The van der Waals surface area contributed by atoms with Crippen LogP contribution >= 0.6 is 0 Å². The van der Waals surface area contributed by atoms with Crippen molar-refractivity contribution >= 4 is 23.0 Å². The third-order valence-electron chi connectivity index (χ3n) is 3.63. The summed E-state index contributed by atoms with van der Waals surface area (Å²) in [5, 5.41) is 16.4. The molecular formula is C13H15N5O4. The van der Waals surface area contributed by atoms with Gasteiger partial charge in [-0.3, -0.25) is 14.9 Å². The fourth-order valence-electron chi connectivity index (χ4n) is 2.34. The molecule has 1 aliphatic rings. The second-order valence-corrected chi connectivity index (χ2v) is 5.65. The first-order valence-electron chi connectivity index (χ1n) is 6.64. The van der Waals surface area contributed by atoms with Gasteiger partial charge in [0.1, 0.15) is 12.2 Å². The maximum atomic E-state index is 12.6. The largest absolute Gasteiger partial charge is 0.359 e. The number of carbonyl (C=O) groups excluding carboxylic acids is 2. The molecule has 0 spiro atoms. The summed E-state index contributed by atoms with van der Waals surface area (Å²) in [6.45, 7) is 4.45. The molecule has 9 heteroatoms. The van der Waals surface area contributed by atoms with Gasteiger partial charge in [-0.05, 0) is 32.0 Å². The number of carbonyl (C=O) groups is 2. The second-order valence-electron chi connectivity index (χ2n) is 5.65. The molecule has 0 atom stereocenters. The lowest BCUT2D eigenvalue weighted by molar-refractivity contribution is 0.0706. The topological polar surface area (TPSA) is 110 Å². The van der Waals surface area contributed by atoms with Crippen LogP contribution in [0.3, 0.4) is 0 Å². The van der Waals surface area contributed by atoms with Gasteiger partial charge in [0.05, 0.1) is 17.7 Å². The molecule has 3 rings (SSSR count). The first-order valence-corrected chi connectivity index (χ1v) is 6.64. The minimum Gasteiger partial charge on any atom is -0.359 e. The Morgan fingerprint density at radius 2 is 2.18 bits per heavy atom. The van der Waals surface area contributed by atoms with Crippen molar-refractivity contribution < 1.29 is 19.5 Å². The number of ether oxygens (including phenoxy) is 1. The molecule has 0 radical (unpaired) electrons. The summed E-state index contributed by atoms with van der Waals surface area (Å²) in [5.41, 5.74) is 2.20. The van der Waals surface area contributed by atoms with Gasteiger partial charge in [0.2, 0.25) is 0 Å². The predicted octanol–water partition coefficient (Wildman–Crippen LogP) is 0.587. The molecule has 1 aromatic carbocycles. The molecule has 22 heavy (non-hydrogen) atoms. The Hall–Kier alpha value is -2.52. The minimum absolute atomic E-state index is 0.193. The SMILES string of the molecule is CC1(C)COCN1C(=O)n1nnc2cc(C(=O)NO)ccc21. The lowest BCUT2D eigenvalue weighted by Crippen LogP contribution is -2.46. The summed E-state index contributed by atoms with van der Waals surface area (Å²) < 4.78 is 6.50. The Morgan fingerprint density at radius 1 is 1.41 bits per heavy atom. The van der Waals surface area contributed by atoms with E-state index in [0.717, 1.165) is 0 Å². The number of hydrogen-bond acceptors (Lipinski definition) is 6. The Labute approximate surface area is 125 Å². The standard InChI is InChI=1S/C13H15N5O4/c1-13(2)6-22-7-17(13)12(20)18-10-4-3-8(11(19)15-21)5-9(10)14-16-18/h3-5,21H,6-7H2,1-2H3,(H,15,19). The lowest BCUT2D eigenvalue weighted by atomic mass is 10.1. The van der Waals surface area contributed by atoms with Crippen molar-refractivity contribution in [3.63, 3.8) is 0 Å². The van der Waals surface area contributed by atoms with Crippen molar-refractivity contribution in [2.24, 2.45) is 0 Å². The van der Waals surface area contributed by atoms with Gasteiger partial charge in [0.25, 0.3) is 5.91 Å². The summed E-state index contributed by atoms with van der Waals surface area (Å²) in [6.07, 6.45) is 0.